The molecule has 1 aliphatic heterocycles. The molecule has 1 aromatic carbocycles. The topological polar surface area (TPSA) is 134 Å². The highest BCUT2D eigenvalue weighted by Gasteiger charge is 2.24. The van der Waals surface area contributed by atoms with E-state index >= 15 is 0 Å². The van der Waals surface area contributed by atoms with Crippen LogP contribution in [0.1, 0.15) is 5.56 Å². The normalized spacial score (nSPS) is 17.7. The molecule has 13 heteroatoms. The van der Waals surface area contributed by atoms with Crippen LogP contribution in [-0.4, -0.2) is 68.3 Å². The molecule has 0 saturated carbocycles. The molecule has 0 spiro atoms. The second-order valence-corrected chi connectivity index (χ2v) is 9.56. The van der Waals surface area contributed by atoms with Crippen molar-refractivity contribution in [3.63, 3.8) is 0 Å². The highest BCUT2D eigenvalue weighted by molar-refractivity contribution is 7.94. The minimum absolute atomic E-state index is 0.317. The van der Waals surface area contributed by atoms with Gasteiger partial charge in [0.25, 0.3) is 10.1 Å². The molecule has 0 unspecified atom stereocenters. The van der Waals surface area contributed by atoms with E-state index in [2.05, 4.69) is 9.37 Å². The zero-order chi connectivity index (χ0) is 18.7. The maximum absolute atomic E-state index is 11.5. The summed E-state index contributed by atoms with van der Waals surface area (Å²) in [6.07, 6.45) is 1.16. The summed E-state index contributed by atoms with van der Waals surface area (Å²) in [5.41, 5.74) is 0.669. The Hall–Kier alpha value is -0.770. The maximum Gasteiger partial charge on any atom is 0.294 e. The number of hydrogen-bond donors (Lipinski definition) is 2. The van der Waals surface area contributed by atoms with Gasteiger partial charge in [-0.3, -0.25) is 9.45 Å². The smallest absolute Gasteiger partial charge is 0.294 e. The van der Waals surface area contributed by atoms with E-state index in [9.17, 15) is 16.8 Å². The summed E-state index contributed by atoms with van der Waals surface area (Å²) in [6, 6.07) is 3.96. The third kappa shape index (κ3) is 5.87. The molecule has 1 aliphatic rings. The molecular weight excluding hydrogens is 396 g/mol. The second-order valence-electron chi connectivity index (χ2n) is 5.41. The molecule has 1 fully saturated rings. The molecule has 2 rings (SSSR count). The van der Waals surface area contributed by atoms with Crippen molar-refractivity contribution in [3.8, 4) is 0 Å². The van der Waals surface area contributed by atoms with Crippen molar-refractivity contribution in [1.29, 1.82) is 0 Å². The van der Waals surface area contributed by atoms with Crippen LogP contribution < -0.4 is 0 Å². The molecular formula is C12H18N2O8S3. The lowest BCUT2D eigenvalue weighted by Crippen LogP contribution is -2.47. The zero-order valence-corrected chi connectivity index (χ0v) is 15.7. The van der Waals surface area contributed by atoms with Crippen molar-refractivity contribution in [2.75, 3.05) is 32.4 Å². The average molecular weight is 414 g/mol. The number of benzene rings is 1. The van der Waals surface area contributed by atoms with Crippen molar-refractivity contribution < 1.29 is 36.0 Å². The first-order valence-corrected chi connectivity index (χ1v) is 11.1. The van der Waals surface area contributed by atoms with Gasteiger partial charge in [0.05, 0.1) is 23.2 Å². The van der Waals surface area contributed by atoms with Gasteiger partial charge in [-0.15, -0.1) is 4.33 Å². The van der Waals surface area contributed by atoms with Gasteiger partial charge in [0.2, 0.25) is 10.0 Å². The lowest BCUT2D eigenvalue weighted by Gasteiger charge is -2.33. The molecule has 0 amide bonds. The fraction of sp³-hybridized carbons (Fsp3) is 0.500. The van der Waals surface area contributed by atoms with E-state index in [0.29, 0.717) is 55.2 Å². The predicted molar refractivity (Wildman–Crippen MR) is 88.6 cm³/mol. The summed E-state index contributed by atoms with van der Waals surface area (Å²) in [5, 5.41) is 11.8. The van der Waals surface area contributed by atoms with Gasteiger partial charge in [-0.05, 0) is 17.7 Å². The van der Waals surface area contributed by atoms with Gasteiger partial charge in [-0.2, -0.15) is 12.7 Å². The first-order valence-electron chi connectivity index (χ1n) is 7.04. The Balaban J connectivity index is 2.13. The molecule has 0 aliphatic carbocycles. The monoisotopic (exact) mass is 414 g/mol. The van der Waals surface area contributed by atoms with E-state index in [0.717, 1.165) is 6.26 Å². The van der Waals surface area contributed by atoms with E-state index < -0.39 is 20.1 Å². The minimum Gasteiger partial charge on any atom is -0.296 e. The lowest BCUT2D eigenvalue weighted by molar-refractivity contribution is -0.432. The molecule has 1 heterocycles. The Morgan fingerprint density at radius 2 is 1.80 bits per heavy atom. The summed E-state index contributed by atoms with van der Waals surface area (Å²) in [7, 11) is -7.60. The van der Waals surface area contributed by atoms with Crippen molar-refractivity contribution >= 4 is 32.2 Å². The van der Waals surface area contributed by atoms with E-state index in [1.807, 2.05) is 4.90 Å². The Bertz CT molecular complexity index is 804. The van der Waals surface area contributed by atoms with Gasteiger partial charge in [0.15, 0.2) is 0 Å². The van der Waals surface area contributed by atoms with Crippen LogP contribution in [0, 0.1) is 0 Å². The third-order valence-corrected chi connectivity index (χ3v) is 6.53. The molecule has 0 aromatic heterocycles. The van der Waals surface area contributed by atoms with Crippen molar-refractivity contribution in [2.45, 2.75) is 16.3 Å². The Morgan fingerprint density at radius 1 is 1.16 bits per heavy atom. The van der Waals surface area contributed by atoms with Crippen molar-refractivity contribution in [3.05, 3.63) is 23.8 Å². The second kappa shape index (κ2) is 8.28. The standard InChI is InChI=1S/C12H18N2O8S3/c1-24(16,17)14-6-4-13(5-7-14)9-10-2-3-11(25(18,19)20)8-12(10)23-22-21-15/h2-3,8,15H,4-7,9H2,1H3,(H,18,19,20). The van der Waals surface area contributed by atoms with Crippen LogP contribution in [0.2, 0.25) is 0 Å². The van der Waals surface area contributed by atoms with Crippen LogP contribution >= 0.6 is 12.0 Å². The summed E-state index contributed by atoms with van der Waals surface area (Å²) in [4.78, 5) is 2.01. The van der Waals surface area contributed by atoms with Gasteiger partial charge in [-0.25, -0.2) is 13.7 Å². The van der Waals surface area contributed by atoms with Crippen LogP contribution in [0.4, 0.5) is 0 Å². The number of nitrogens with zero attached hydrogens (tertiary/aromatic N) is 2. The van der Waals surface area contributed by atoms with Crippen LogP contribution in [0.15, 0.2) is 28.0 Å². The van der Waals surface area contributed by atoms with E-state index in [1.54, 1.807) is 0 Å². The minimum atomic E-state index is -4.38. The highest BCUT2D eigenvalue weighted by atomic mass is 32.2. The van der Waals surface area contributed by atoms with Gasteiger partial charge in [0, 0.05) is 37.6 Å². The number of hydrogen-bond acceptors (Lipinski definition) is 9. The molecule has 10 nitrogen and oxygen atoms in total. The summed E-state index contributed by atoms with van der Waals surface area (Å²) < 4.78 is 60.4. The molecule has 1 aromatic rings. The number of rotatable bonds is 7. The van der Waals surface area contributed by atoms with E-state index in [1.165, 1.54) is 22.5 Å². The lowest BCUT2D eigenvalue weighted by atomic mass is 10.2. The Labute approximate surface area is 150 Å². The van der Waals surface area contributed by atoms with Crippen LogP contribution in [-0.2, 0) is 36.1 Å². The maximum atomic E-state index is 11.5. The zero-order valence-electron chi connectivity index (χ0n) is 13.2. The number of sulfonamides is 1. The Kier molecular flexibility index (Phi) is 6.80. The van der Waals surface area contributed by atoms with Crippen molar-refractivity contribution in [2.24, 2.45) is 0 Å². The quantitative estimate of drug-likeness (QED) is 0.280. The molecule has 2 N–H and O–H groups in total. The average Bonchev–Trinajstić information content (AvgIpc) is 2.52. The highest BCUT2D eigenvalue weighted by Crippen LogP contribution is 2.28. The van der Waals surface area contributed by atoms with Crippen LogP contribution in [0.5, 0.6) is 0 Å². The molecule has 25 heavy (non-hydrogen) atoms. The molecule has 0 atom stereocenters. The van der Waals surface area contributed by atoms with E-state index in [-0.39, 0.29) is 4.90 Å². The summed E-state index contributed by atoms with van der Waals surface area (Å²) >= 11 is 0.590. The van der Waals surface area contributed by atoms with Crippen LogP contribution in [0.25, 0.3) is 0 Å². The number of piperazine rings is 1. The molecule has 0 radical (unpaired) electrons. The van der Waals surface area contributed by atoms with Gasteiger partial charge in [-0.1, -0.05) is 11.1 Å². The molecule has 142 valence electrons. The van der Waals surface area contributed by atoms with E-state index in [4.69, 9.17) is 9.81 Å². The first kappa shape index (κ1) is 20.5. The molecule has 1 saturated heterocycles. The largest absolute Gasteiger partial charge is 0.296 e. The van der Waals surface area contributed by atoms with Gasteiger partial charge >= 0.3 is 0 Å². The SMILES string of the molecule is CS(=O)(=O)N1CCN(Cc2ccc(S(=O)(=O)O)cc2SOOO)CC1. The first-order chi connectivity index (χ1) is 11.6. The third-order valence-electron chi connectivity index (χ3n) is 3.68. The van der Waals surface area contributed by atoms with Crippen molar-refractivity contribution in [1.82, 2.24) is 9.21 Å². The fourth-order valence-electron chi connectivity index (χ4n) is 2.42. The fourth-order valence-corrected chi connectivity index (χ4v) is 4.34. The van der Waals surface area contributed by atoms with Gasteiger partial charge < -0.3 is 0 Å². The van der Waals surface area contributed by atoms with Crippen LogP contribution in [0.3, 0.4) is 0 Å². The van der Waals surface area contributed by atoms with Gasteiger partial charge in [0.1, 0.15) is 0 Å². The molecule has 0 bridgehead atoms. The summed E-state index contributed by atoms with van der Waals surface area (Å²) in [6.45, 7) is 2.14. The summed E-state index contributed by atoms with van der Waals surface area (Å²) in [5.74, 6) is 0. The predicted octanol–water partition coefficient (Wildman–Crippen LogP) is 0.439. The Morgan fingerprint density at radius 3 is 2.32 bits per heavy atom.